The molecule has 1 aromatic carbocycles. The summed E-state index contributed by atoms with van der Waals surface area (Å²) in [6.07, 6.45) is 1.48. The van der Waals surface area contributed by atoms with Gasteiger partial charge in [0.05, 0.1) is 22.9 Å². The second kappa shape index (κ2) is 8.42. The van der Waals surface area contributed by atoms with Crippen molar-refractivity contribution < 1.29 is 14.7 Å². The van der Waals surface area contributed by atoms with Crippen LogP contribution in [0.15, 0.2) is 40.5 Å². The lowest BCUT2D eigenvalue weighted by atomic mass is 9.95. The zero-order valence-electron chi connectivity index (χ0n) is 16.8. The van der Waals surface area contributed by atoms with Crippen LogP contribution in [0.4, 0.5) is 0 Å². The smallest absolute Gasteiger partial charge is 0.295 e. The van der Waals surface area contributed by atoms with E-state index in [0.717, 1.165) is 10.0 Å². The van der Waals surface area contributed by atoms with E-state index in [1.165, 1.54) is 11.1 Å². The van der Waals surface area contributed by atoms with Crippen LogP contribution in [0.5, 0.6) is 0 Å². The number of amides is 1. The van der Waals surface area contributed by atoms with Crippen LogP contribution in [0.3, 0.4) is 0 Å². The molecule has 1 fully saturated rings. The number of aryl methyl sites for hydroxylation is 2. The maximum atomic E-state index is 12.9. The molecule has 1 saturated heterocycles. The Hall–Kier alpha value is -2.58. The molecule has 1 aromatic heterocycles. The number of benzene rings is 1. The van der Waals surface area contributed by atoms with E-state index in [-0.39, 0.29) is 11.3 Å². The van der Waals surface area contributed by atoms with Crippen LogP contribution in [0.2, 0.25) is 0 Å². The molecule has 152 valence electrons. The highest BCUT2D eigenvalue weighted by Gasteiger charge is 2.46. The Bertz CT molecular complexity index is 1000. The SMILES string of the molecule is Cc1ncc(/C(O)=C2\C(=O)C(=O)N(CCN(C)C)C2c2cccc(Br)c2)c(C)n1. The van der Waals surface area contributed by atoms with Crippen LogP contribution in [-0.2, 0) is 9.59 Å². The van der Waals surface area contributed by atoms with Gasteiger partial charge in [-0.3, -0.25) is 9.59 Å². The fourth-order valence-electron chi connectivity index (χ4n) is 3.40. The molecular formula is C21H23BrN4O3. The number of hydrogen-bond acceptors (Lipinski definition) is 6. The maximum absolute atomic E-state index is 12.9. The summed E-state index contributed by atoms with van der Waals surface area (Å²) >= 11 is 3.45. The van der Waals surface area contributed by atoms with Gasteiger partial charge in [-0.25, -0.2) is 9.97 Å². The van der Waals surface area contributed by atoms with Gasteiger partial charge >= 0.3 is 0 Å². The maximum Gasteiger partial charge on any atom is 0.295 e. The second-order valence-corrected chi connectivity index (χ2v) is 8.18. The summed E-state index contributed by atoms with van der Waals surface area (Å²) in [7, 11) is 3.80. The number of halogens is 1. The molecule has 2 heterocycles. The Kier molecular flexibility index (Phi) is 6.14. The highest BCUT2D eigenvalue weighted by molar-refractivity contribution is 9.10. The first-order chi connectivity index (χ1) is 13.7. The molecule has 1 atom stereocenters. The van der Waals surface area contributed by atoms with E-state index in [4.69, 9.17) is 0 Å². The van der Waals surface area contributed by atoms with Crippen molar-refractivity contribution in [3.8, 4) is 0 Å². The first kappa shape index (κ1) is 21.1. The van der Waals surface area contributed by atoms with Crippen molar-refractivity contribution in [1.29, 1.82) is 0 Å². The summed E-state index contributed by atoms with van der Waals surface area (Å²) in [4.78, 5) is 37.7. The molecule has 0 spiro atoms. The monoisotopic (exact) mass is 458 g/mol. The van der Waals surface area contributed by atoms with Crippen LogP contribution >= 0.6 is 15.9 Å². The number of carbonyl (C=O) groups is 2. The third kappa shape index (κ3) is 4.23. The normalized spacial score (nSPS) is 18.7. The van der Waals surface area contributed by atoms with E-state index in [1.807, 2.05) is 43.3 Å². The number of rotatable bonds is 5. The standard InChI is InChI=1S/C21H23BrN4O3/c1-12-16(11-23-13(2)24-12)19(27)17-18(14-6-5-7-15(22)10-14)26(9-8-25(3)4)21(29)20(17)28/h5-7,10-11,18,27H,8-9H2,1-4H3/b19-17+. The molecule has 0 bridgehead atoms. The lowest BCUT2D eigenvalue weighted by Crippen LogP contribution is -2.35. The van der Waals surface area contributed by atoms with Crippen molar-refractivity contribution in [2.45, 2.75) is 19.9 Å². The van der Waals surface area contributed by atoms with Crippen molar-refractivity contribution >= 4 is 33.4 Å². The van der Waals surface area contributed by atoms with Crippen molar-refractivity contribution in [1.82, 2.24) is 19.8 Å². The summed E-state index contributed by atoms with van der Waals surface area (Å²) in [5.74, 6) is -1.01. The predicted octanol–water partition coefficient (Wildman–Crippen LogP) is 2.84. The largest absolute Gasteiger partial charge is 0.507 e. The molecule has 7 nitrogen and oxygen atoms in total. The Morgan fingerprint density at radius 2 is 2.00 bits per heavy atom. The minimum absolute atomic E-state index is 0.0578. The third-order valence-electron chi connectivity index (χ3n) is 4.85. The number of aliphatic hydroxyl groups excluding tert-OH is 1. The van der Waals surface area contributed by atoms with Gasteiger partial charge in [-0.15, -0.1) is 0 Å². The molecule has 2 aromatic rings. The van der Waals surface area contributed by atoms with Crippen molar-refractivity contribution in [3.63, 3.8) is 0 Å². The topological polar surface area (TPSA) is 86.6 Å². The molecule has 1 unspecified atom stereocenters. The van der Waals surface area contributed by atoms with E-state index >= 15 is 0 Å². The van der Waals surface area contributed by atoms with Gasteiger partial charge in [-0.05, 0) is 45.6 Å². The summed E-state index contributed by atoms with van der Waals surface area (Å²) in [5.41, 5.74) is 1.69. The first-order valence-electron chi connectivity index (χ1n) is 9.20. The molecule has 29 heavy (non-hydrogen) atoms. The average molecular weight is 459 g/mol. The highest BCUT2D eigenvalue weighted by Crippen LogP contribution is 2.40. The number of ketones is 1. The zero-order valence-corrected chi connectivity index (χ0v) is 18.4. The lowest BCUT2D eigenvalue weighted by molar-refractivity contribution is -0.140. The number of likely N-dealkylation sites (tertiary alicyclic amines) is 1. The molecule has 1 N–H and O–H groups in total. The van der Waals surface area contributed by atoms with E-state index in [1.54, 1.807) is 13.8 Å². The molecule has 0 saturated carbocycles. The number of aliphatic hydroxyl groups is 1. The van der Waals surface area contributed by atoms with E-state index in [0.29, 0.717) is 30.2 Å². The van der Waals surface area contributed by atoms with Crippen LogP contribution in [0.25, 0.3) is 5.76 Å². The van der Waals surface area contributed by atoms with E-state index in [2.05, 4.69) is 25.9 Å². The molecule has 8 heteroatoms. The van der Waals surface area contributed by atoms with Gasteiger partial charge in [0.25, 0.3) is 11.7 Å². The fraction of sp³-hybridized carbons (Fsp3) is 0.333. The molecule has 1 aliphatic heterocycles. The average Bonchev–Trinajstić information content (AvgIpc) is 2.90. The molecule has 0 radical (unpaired) electrons. The summed E-state index contributed by atoms with van der Waals surface area (Å²) < 4.78 is 0.822. The minimum Gasteiger partial charge on any atom is -0.507 e. The zero-order chi connectivity index (χ0) is 21.3. The van der Waals surface area contributed by atoms with Crippen molar-refractivity contribution in [3.05, 3.63) is 63.2 Å². The molecular weight excluding hydrogens is 436 g/mol. The van der Waals surface area contributed by atoms with Crippen LogP contribution in [0, 0.1) is 13.8 Å². The van der Waals surface area contributed by atoms with Gasteiger partial charge in [0.1, 0.15) is 11.6 Å². The van der Waals surface area contributed by atoms with Crippen LogP contribution < -0.4 is 0 Å². The number of carbonyl (C=O) groups excluding carboxylic acids is 2. The number of nitrogens with zero attached hydrogens (tertiary/aromatic N) is 4. The van der Waals surface area contributed by atoms with E-state index < -0.39 is 17.7 Å². The molecule has 3 rings (SSSR count). The fourth-order valence-corrected chi connectivity index (χ4v) is 3.82. The Morgan fingerprint density at radius 1 is 1.28 bits per heavy atom. The van der Waals surface area contributed by atoms with Gasteiger partial charge in [0.15, 0.2) is 0 Å². The van der Waals surface area contributed by atoms with Gasteiger partial charge in [-0.1, -0.05) is 28.1 Å². The number of Topliss-reactive ketones (excluding diaryl/α,β-unsaturated/α-hetero) is 1. The Labute approximate surface area is 178 Å². The lowest BCUT2D eigenvalue weighted by Gasteiger charge is -2.26. The van der Waals surface area contributed by atoms with Gasteiger partial charge in [-0.2, -0.15) is 0 Å². The highest BCUT2D eigenvalue weighted by atomic mass is 79.9. The molecule has 0 aliphatic carbocycles. The minimum atomic E-state index is -0.703. The summed E-state index contributed by atoms with van der Waals surface area (Å²) in [6, 6.07) is 6.72. The van der Waals surface area contributed by atoms with Gasteiger partial charge in [0, 0.05) is 23.8 Å². The predicted molar refractivity (Wildman–Crippen MR) is 113 cm³/mol. The number of aromatic nitrogens is 2. The van der Waals surface area contributed by atoms with Crippen LogP contribution in [0.1, 0.15) is 28.7 Å². The van der Waals surface area contributed by atoms with Gasteiger partial charge < -0.3 is 14.9 Å². The van der Waals surface area contributed by atoms with Crippen molar-refractivity contribution in [2.75, 3.05) is 27.2 Å². The quantitative estimate of drug-likeness (QED) is 0.421. The van der Waals surface area contributed by atoms with Crippen LogP contribution in [-0.4, -0.2) is 63.7 Å². The third-order valence-corrected chi connectivity index (χ3v) is 5.34. The first-order valence-corrected chi connectivity index (χ1v) is 9.99. The van der Waals surface area contributed by atoms with Crippen molar-refractivity contribution in [2.24, 2.45) is 0 Å². The van der Waals surface area contributed by atoms with Gasteiger partial charge in [0.2, 0.25) is 0 Å². The summed E-state index contributed by atoms with van der Waals surface area (Å²) in [6.45, 7) is 4.43. The van der Waals surface area contributed by atoms with E-state index in [9.17, 15) is 14.7 Å². The number of hydrogen-bond donors (Lipinski definition) is 1. The molecule has 1 aliphatic rings. The second-order valence-electron chi connectivity index (χ2n) is 7.27. The summed E-state index contributed by atoms with van der Waals surface area (Å²) in [5, 5.41) is 11.1. The molecule has 1 amide bonds. The Morgan fingerprint density at radius 3 is 2.62 bits per heavy atom. The Balaban J connectivity index is 2.19. The number of likely N-dealkylation sites (N-methyl/N-ethyl adjacent to an activating group) is 1.